The predicted molar refractivity (Wildman–Crippen MR) is 105 cm³/mol. The molecule has 2 aliphatic rings. The van der Waals surface area contributed by atoms with Crippen molar-refractivity contribution in [3.8, 4) is 5.69 Å². The van der Waals surface area contributed by atoms with Gasteiger partial charge < -0.3 is 0 Å². The van der Waals surface area contributed by atoms with E-state index in [1.165, 1.54) is 19.4 Å². The molecule has 0 N–H and O–H groups in total. The Morgan fingerprint density at radius 2 is 1.96 bits per heavy atom. The Morgan fingerprint density at radius 1 is 1.04 bits per heavy atom. The first-order valence-electron chi connectivity index (χ1n) is 9.95. The minimum atomic E-state index is 0.711. The molecule has 142 valence electrons. The molecule has 5 heterocycles. The van der Waals surface area contributed by atoms with E-state index >= 15 is 0 Å². The summed E-state index contributed by atoms with van der Waals surface area (Å²) < 4.78 is 3.63. The maximum Gasteiger partial charge on any atom is 0.170 e. The number of hydrogen-bond donors (Lipinski definition) is 0. The molecule has 1 unspecified atom stereocenters. The van der Waals surface area contributed by atoms with Crippen LogP contribution in [0.15, 0.2) is 42.9 Å². The molecule has 2 fully saturated rings. The third kappa shape index (κ3) is 2.60. The van der Waals surface area contributed by atoms with E-state index in [-0.39, 0.29) is 0 Å². The Bertz CT molecular complexity index is 1130. The first-order chi connectivity index (χ1) is 13.8. The van der Waals surface area contributed by atoms with Crippen molar-refractivity contribution in [1.82, 2.24) is 39.2 Å². The summed E-state index contributed by atoms with van der Waals surface area (Å²) in [6.07, 6.45) is 6.23. The summed E-state index contributed by atoms with van der Waals surface area (Å²) in [6, 6.07) is 10.8. The van der Waals surface area contributed by atoms with Crippen LogP contribution in [0.3, 0.4) is 0 Å². The molecule has 0 saturated carbocycles. The molecule has 4 aromatic rings. The molecule has 1 aromatic carbocycles. The molecule has 28 heavy (non-hydrogen) atoms. The van der Waals surface area contributed by atoms with Crippen molar-refractivity contribution in [2.24, 2.45) is 0 Å². The van der Waals surface area contributed by atoms with Crippen LogP contribution in [0.5, 0.6) is 0 Å². The molecule has 2 saturated heterocycles. The SMILES string of the molecule is c1ccc(-n2ncc3c2ncn2nc(CN4CCN5CCCC5C4)nc32)cc1. The lowest BCUT2D eigenvalue weighted by Crippen LogP contribution is -2.49. The van der Waals surface area contributed by atoms with Crippen LogP contribution in [0, 0.1) is 0 Å². The van der Waals surface area contributed by atoms with E-state index in [1.54, 1.807) is 10.8 Å². The normalized spacial score (nSPS) is 20.9. The van der Waals surface area contributed by atoms with Crippen LogP contribution in [0.4, 0.5) is 0 Å². The van der Waals surface area contributed by atoms with Crippen molar-refractivity contribution in [1.29, 1.82) is 0 Å². The quantitative estimate of drug-likeness (QED) is 0.544. The highest BCUT2D eigenvalue weighted by molar-refractivity contribution is 5.89. The number of fused-ring (bicyclic) bond motifs is 4. The van der Waals surface area contributed by atoms with Crippen LogP contribution >= 0.6 is 0 Å². The van der Waals surface area contributed by atoms with Gasteiger partial charge >= 0.3 is 0 Å². The van der Waals surface area contributed by atoms with E-state index in [0.29, 0.717) is 6.04 Å². The maximum atomic E-state index is 4.83. The smallest absolute Gasteiger partial charge is 0.170 e. The molecular weight excluding hydrogens is 352 g/mol. The number of nitrogens with zero attached hydrogens (tertiary/aromatic N) is 8. The zero-order valence-electron chi connectivity index (χ0n) is 15.6. The lowest BCUT2D eigenvalue weighted by atomic mass is 10.1. The second-order valence-corrected chi connectivity index (χ2v) is 7.74. The second kappa shape index (κ2) is 6.35. The summed E-state index contributed by atoms with van der Waals surface area (Å²) >= 11 is 0. The maximum absolute atomic E-state index is 4.83. The van der Waals surface area contributed by atoms with Gasteiger partial charge in [-0.1, -0.05) is 18.2 Å². The zero-order valence-corrected chi connectivity index (χ0v) is 15.6. The van der Waals surface area contributed by atoms with Crippen molar-refractivity contribution in [3.63, 3.8) is 0 Å². The standard InChI is InChI=1S/C20H22N8/c1-2-5-15(6-3-1)28-19-17(11-22-28)20-23-18(24-27(20)14-21-19)13-25-9-10-26-8-4-7-16(26)12-25/h1-3,5-6,11,14,16H,4,7-10,12-13H2. The summed E-state index contributed by atoms with van der Waals surface area (Å²) in [5, 5.41) is 10.1. The summed E-state index contributed by atoms with van der Waals surface area (Å²) in [5.41, 5.74) is 2.61. The monoisotopic (exact) mass is 374 g/mol. The second-order valence-electron chi connectivity index (χ2n) is 7.74. The van der Waals surface area contributed by atoms with Gasteiger partial charge in [0.2, 0.25) is 0 Å². The lowest BCUT2D eigenvalue weighted by Gasteiger charge is -2.36. The Hall–Kier alpha value is -2.84. The minimum Gasteiger partial charge on any atom is -0.298 e. The summed E-state index contributed by atoms with van der Waals surface area (Å²) in [6.45, 7) is 5.43. The molecule has 8 heteroatoms. The first-order valence-corrected chi connectivity index (χ1v) is 9.95. The Kier molecular flexibility index (Phi) is 3.66. The van der Waals surface area contributed by atoms with Crippen LogP contribution in [-0.4, -0.2) is 71.4 Å². The van der Waals surface area contributed by atoms with Gasteiger partial charge in [0.05, 0.1) is 23.8 Å². The van der Waals surface area contributed by atoms with Gasteiger partial charge in [-0.3, -0.25) is 9.80 Å². The van der Waals surface area contributed by atoms with Gasteiger partial charge in [0, 0.05) is 25.7 Å². The number of benzene rings is 1. The average molecular weight is 374 g/mol. The fraction of sp³-hybridized carbons (Fsp3) is 0.400. The molecule has 6 rings (SSSR count). The van der Waals surface area contributed by atoms with Crippen molar-refractivity contribution in [3.05, 3.63) is 48.7 Å². The number of para-hydroxylation sites is 1. The molecule has 3 aromatic heterocycles. The van der Waals surface area contributed by atoms with Gasteiger partial charge in [-0.2, -0.15) is 5.10 Å². The highest BCUT2D eigenvalue weighted by atomic mass is 15.4. The van der Waals surface area contributed by atoms with E-state index in [0.717, 1.165) is 54.4 Å². The van der Waals surface area contributed by atoms with Crippen molar-refractivity contribution < 1.29 is 0 Å². The fourth-order valence-corrected chi connectivity index (χ4v) is 4.59. The third-order valence-corrected chi connectivity index (χ3v) is 5.99. The molecule has 0 spiro atoms. The topological polar surface area (TPSA) is 67.4 Å². The number of aromatic nitrogens is 6. The molecule has 0 aliphatic carbocycles. The zero-order chi connectivity index (χ0) is 18.5. The average Bonchev–Trinajstić information content (AvgIpc) is 3.45. The van der Waals surface area contributed by atoms with Crippen LogP contribution in [0.25, 0.3) is 22.4 Å². The van der Waals surface area contributed by atoms with E-state index in [2.05, 4.69) is 25.0 Å². The third-order valence-electron chi connectivity index (χ3n) is 5.99. The van der Waals surface area contributed by atoms with Gasteiger partial charge in [0.25, 0.3) is 0 Å². The molecule has 0 amide bonds. The van der Waals surface area contributed by atoms with Gasteiger partial charge in [0.15, 0.2) is 17.1 Å². The van der Waals surface area contributed by atoms with Crippen molar-refractivity contribution >= 4 is 16.7 Å². The number of piperazine rings is 1. The molecule has 0 bridgehead atoms. The molecular formula is C20H22N8. The van der Waals surface area contributed by atoms with Crippen LogP contribution in [0.1, 0.15) is 18.7 Å². The van der Waals surface area contributed by atoms with E-state index in [4.69, 9.17) is 4.98 Å². The highest BCUT2D eigenvalue weighted by Crippen LogP contribution is 2.23. The molecule has 2 aliphatic heterocycles. The van der Waals surface area contributed by atoms with Crippen molar-refractivity contribution in [2.45, 2.75) is 25.4 Å². The predicted octanol–water partition coefficient (Wildman–Crippen LogP) is 1.74. The minimum absolute atomic E-state index is 0.711. The van der Waals surface area contributed by atoms with Gasteiger partial charge in [-0.25, -0.2) is 19.2 Å². The number of rotatable bonds is 3. The highest BCUT2D eigenvalue weighted by Gasteiger charge is 2.30. The lowest BCUT2D eigenvalue weighted by molar-refractivity contribution is 0.0975. The molecule has 8 nitrogen and oxygen atoms in total. The van der Waals surface area contributed by atoms with E-state index in [1.807, 2.05) is 41.2 Å². The molecule has 0 radical (unpaired) electrons. The Balaban J connectivity index is 1.32. The number of hydrogen-bond acceptors (Lipinski definition) is 6. The Labute approximate surface area is 162 Å². The first kappa shape index (κ1) is 16.1. The fourth-order valence-electron chi connectivity index (χ4n) is 4.59. The van der Waals surface area contributed by atoms with Crippen LogP contribution in [-0.2, 0) is 6.54 Å². The Morgan fingerprint density at radius 3 is 2.89 bits per heavy atom. The van der Waals surface area contributed by atoms with E-state index < -0.39 is 0 Å². The summed E-state index contributed by atoms with van der Waals surface area (Å²) in [7, 11) is 0. The van der Waals surface area contributed by atoms with Crippen LogP contribution < -0.4 is 0 Å². The van der Waals surface area contributed by atoms with Gasteiger partial charge in [0.1, 0.15) is 6.33 Å². The summed E-state index contributed by atoms with van der Waals surface area (Å²) in [5.74, 6) is 0.855. The van der Waals surface area contributed by atoms with Crippen LogP contribution in [0.2, 0.25) is 0 Å². The van der Waals surface area contributed by atoms with Gasteiger partial charge in [-0.05, 0) is 31.5 Å². The van der Waals surface area contributed by atoms with E-state index in [9.17, 15) is 0 Å². The summed E-state index contributed by atoms with van der Waals surface area (Å²) in [4.78, 5) is 14.5. The molecule has 1 atom stereocenters. The largest absolute Gasteiger partial charge is 0.298 e. The van der Waals surface area contributed by atoms with Gasteiger partial charge in [-0.15, -0.1) is 5.10 Å². The van der Waals surface area contributed by atoms with Crippen molar-refractivity contribution in [2.75, 3.05) is 26.2 Å².